The molecule has 3 nitrogen and oxygen atoms in total. The van der Waals surface area contributed by atoms with E-state index >= 15 is 0 Å². The van der Waals surface area contributed by atoms with Crippen molar-refractivity contribution in [2.75, 3.05) is 0 Å². The summed E-state index contributed by atoms with van der Waals surface area (Å²) in [5.41, 5.74) is 0.401. The van der Waals surface area contributed by atoms with Crippen molar-refractivity contribution < 1.29 is 9.52 Å². The topological polar surface area (TPSA) is 50.4 Å². The average Bonchev–Trinajstić information content (AvgIpc) is 2.64. The van der Waals surface area contributed by atoms with E-state index in [-0.39, 0.29) is 22.5 Å². The Morgan fingerprint density at radius 2 is 1.68 bits per heavy atom. The molecule has 1 heterocycles. The van der Waals surface area contributed by atoms with Gasteiger partial charge < -0.3 is 9.52 Å². The zero-order chi connectivity index (χ0) is 20.3. The third-order valence-electron chi connectivity index (χ3n) is 4.21. The van der Waals surface area contributed by atoms with Crippen LogP contribution in [0, 0.1) is 5.92 Å². The Kier molecular flexibility index (Phi) is 6.76. The molecule has 0 amide bonds. The lowest BCUT2D eigenvalue weighted by Crippen LogP contribution is -2.13. The van der Waals surface area contributed by atoms with E-state index < -0.39 is 5.63 Å². The van der Waals surface area contributed by atoms with Gasteiger partial charge in [0.05, 0.1) is 15.6 Å². The second-order valence-corrected chi connectivity index (χ2v) is 8.88. The normalized spacial score (nSPS) is 12.3. The van der Waals surface area contributed by atoms with Crippen molar-refractivity contribution in [3.63, 3.8) is 0 Å². The van der Waals surface area contributed by atoms with Gasteiger partial charge in [-0.2, -0.15) is 0 Å². The fourth-order valence-electron chi connectivity index (χ4n) is 2.92. The Hall–Kier alpha value is -1.88. The Morgan fingerprint density at radius 1 is 1.04 bits per heavy atom. The average molecular weight is 435 g/mol. The van der Waals surface area contributed by atoms with Crippen LogP contribution in [0.4, 0.5) is 0 Å². The quantitative estimate of drug-likeness (QED) is 0.416. The van der Waals surface area contributed by atoms with Gasteiger partial charge in [-0.1, -0.05) is 73.4 Å². The molecule has 0 aliphatic rings. The molecule has 0 fully saturated rings. The first-order valence-corrected chi connectivity index (χ1v) is 10.5. The lowest BCUT2D eigenvalue weighted by molar-refractivity contribution is 0.433. The van der Waals surface area contributed by atoms with Crippen molar-refractivity contribution >= 4 is 35.0 Å². The molecular formula is C22H20Cl2O3S. The molecule has 28 heavy (non-hydrogen) atoms. The molecule has 1 unspecified atom stereocenters. The second kappa shape index (κ2) is 9.08. The van der Waals surface area contributed by atoms with Crippen molar-refractivity contribution in [2.45, 2.75) is 30.4 Å². The van der Waals surface area contributed by atoms with Crippen LogP contribution in [-0.4, -0.2) is 5.11 Å². The maximum Gasteiger partial charge on any atom is 0.344 e. The molecular weight excluding hydrogens is 415 g/mol. The molecule has 0 saturated heterocycles. The number of rotatable bonds is 6. The van der Waals surface area contributed by atoms with E-state index in [1.807, 2.05) is 30.3 Å². The standard InChI is InChI=1S/C22H20Cl2O3S/c1-13(2)11-19(28-21-15(23)9-6-10-16(21)24)20-17(25)12-18(27-22(20)26)14-7-4-3-5-8-14/h3-10,12-13,19,25H,11H2,1-2H3. The van der Waals surface area contributed by atoms with Crippen LogP contribution in [0.1, 0.15) is 31.1 Å². The summed E-state index contributed by atoms with van der Waals surface area (Å²) in [6.45, 7) is 4.11. The minimum Gasteiger partial charge on any atom is -0.507 e. The molecule has 146 valence electrons. The lowest BCUT2D eigenvalue weighted by atomic mass is 10.0. The Bertz CT molecular complexity index is 996. The molecule has 0 radical (unpaired) electrons. The summed E-state index contributed by atoms with van der Waals surface area (Å²) in [6.07, 6.45) is 0.648. The third-order valence-corrected chi connectivity index (χ3v) is 6.45. The largest absolute Gasteiger partial charge is 0.507 e. The molecule has 6 heteroatoms. The summed E-state index contributed by atoms with van der Waals surface area (Å²) < 4.78 is 5.54. The van der Waals surface area contributed by atoms with E-state index in [9.17, 15) is 9.90 Å². The highest BCUT2D eigenvalue weighted by Crippen LogP contribution is 2.46. The second-order valence-electron chi connectivity index (χ2n) is 6.85. The maximum atomic E-state index is 12.8. The van der Waals surface area contributed by atoms with Gasteiger partial charge in [0.2, 0.25) is 0 Å². The predicted molar refractivity (Wildman–Crippen MR) is 117 cm³/mol. The molecule has 3 aromatic rings. The van der Waals surface area contributed by atoms with Gasteiger partial charge in [0.15, 0.2) is 0 Å². The van der Waals surface area contributed by atoms with Crippen LogP contribution in [0.5, 0.6) is 5.75 Å². The van der Waals surface area contributed by atoms with E-state index in [1.54, 1.807) is 18.2 Å². The molecule has 2 aromatic carbocycles. The van der Waals surface area contributed by atoms with Gasteiger partial charge in [0, 0.05) is 21.8 Å². The monoisotopic (exact) mass is 434 g/mol. The van der Waals surface area contributed by atoms with Crippen LogP contribution in [0.2, 0.25) is 10.0 Å². The van der Waals surface area contributed by atoms with Gasteiger partial charge in [-0.15, -0.1) is 11.8 Å². The summed E-state index contributed by atoms with van der Waals surface area (Å²) in [5, 5.41) is 11.4. The van der Waals surface area contributed by atoms with Crippen molar-refractivity contribution in [1.29, 1.82) is 0 Å². The first-order valence-electron chi connectivity index (χ1n) is 8.90. The molecule has 0 spiro atoms. The molecule has 1 aromatic heterocycles. The third kappa shape index (κ3) is 4.75. The zero-order valence-corrected chi connectivity index (χ0v) is 17.8. The number of hydrogen-bond donors (Lipinski definition) is 1. The molecule has 0 bridgehead atoms. The Morgan fingerprint density at radius 3 is 2.25 bits per heavy atom. The number of halogens is 2. The van der Waals surface area contributed by atoms with Gasteiger partial charge in [0.1, 0.15) is 11.5 Å². The maximum absolute atomic E-state index is 12.8. The summed E-state index contributed by atoms with van der Waals surface area (Å²) in [5.74, 6) is 0.527. The first kappa shape index (κ1) is 20.8. The van der Waals surface area contributed by atoms with E-state index in [1.165, 1.54) is 17.8 Å². The van der Waals surface area contributed by atoms with Crippen LogP contribution in [-0.2, 0) is 0 Å². The summed E-state index contributed by atoms with van der Waals surface area (Å²) in [6, 6.07) is 16.0. The number of hydrogen-bond acceptors (Lipinski definition) is 4. The highest BCUT2D eigenvalue weighted by molar-refractivity contribution is 7.99. The Balaban J connectivity index is 2.04. The number of aromatic hydroxyl groups is 1. The SMILES string of the molecule is CC(C)CC(Sc1c(Cl)cccc1Cl)c1c(O)cc(-c2ccccc2)oc1=O. The Labute approximate surface area is 178 Å². The summed E-state index contributed by atoms with van der Waals surface area (Å²) in [7, 11) is 0. The van der Waals surface area contributed by atoms with Crippen LogP contribution in [0.25, 0.3) is 11.3 Å². The summed E-state index contributed by atoms with van der Waals surface area (Å²) in [4.78, 5) is 13.5. The van der Waals surface area contributed by atoms with E-state index in [0.717, 1.165) is 5.56 Å². The zero-order valence-electron chi connectivity index (χ0n) is 15.5. The highest BCUT2D eigenvalue weighted by atomic mass is 35.5. The van der Waals surface area contributed by atoms with Crippen molar-refractivity contribution in [2.24, 2.45) is 5.92 Å². The fourth-order valence-corrected chi connectivity index (χ4v) is 5.05. The molecule has 3 rings (SSSR count). The molecule has 1 N–H and O–H groups in total. The minimum absolute atomic E-state index is 0.0866. The number of benzene rings is 2. The fraction of sp³-hybridized carbons (Fsp3) is 0.227. The van der Waals surface area contributed by atoms with Crippen molar-refractivity contribution in [3.05, 3.63) is 80.6 Å². The lowest BCUT2D eigenvalue weighted by Gasteiger charge is -2.20. The highest BCUT2D eigenvalue weighted by Gasteiger charge is 2.26. The molecule has 1 atom stereocenters. The van der Waals surface area contributed by atoms with Crippen LogP contribution in [0.3, 0.4) is 0 Å². The first-order chi connectivity index (χ1) is 13.4. The van der Waals surface area contributed by atoms with Gasteiger partial charge in [-0.05, 0) is 24.5 Å². The molecule has 0 aliphatic heterocycles. The minimum atomic E-state index is -0.555. The van der Waals surface area contributed by atoms with E-state index in [4.69, 9.17) is 27.6 Å². The smallest absolute Gasteiger partial charge is 0.344 e. The summed E-state index contributed by atoms with van der Waals surface area (Å²) >= 11 is 14.0. The van der Waals surface area contributed by atoms with Gasteiger partial charge in [0.25, 0.3) is 0 Å². The number of thioether (sulfide) groups is 1. The molecule has 0 aliphatic carbocycles. The van der Waals surface area contributed by atoms with Gasteiger partial charge in [-0.25, -0.2) is 4.79 Å². The van der Waals surface area contributed by atoms with Crippen molar-refractivity contribution in [1.82, 2.24) is 0 Å². The van der Waals surface area contributed by atoms with Gasteiger partial charge >= 0.3 is 5.63 Å². The van der Waals surface area contributed by atoms with Gasteiger partial charge in [-0.3, -0.25) is 0 Å². The van der Waals surface area contributed by atoms with E-state index in [2.05, 4.69) is 13.8 Å². The van der Waals surface area contributed by atoms with Crippen LogP contribution >= 0.6 is 35.0 Å². The predicted octanol–water partition coefficient (Wildman–Crippen LogP) is 7.20. The van der Waals surface area contributed by atoms with Crippen molar-refractivity contribution in [3.8, 4) is 17.1 Å². The van der Waals surface area contributed by atoms with Crippen LogP contribution < -0.4 is 5.63 Å². The van der Waals surface area contributed by atoms with E-state index in [0.29, 0.717) is 27.1 Å². The molecule has 0 saturated carbocycles. The van der Waals surface area contributed by atoms with Crippen LogP contribution in [0.15, 0.2) is 68.7 Å².